The van der Waals surface area contributed by atoms with Gasteiger partial charge < -0.3 is 5.73 Å². The average Bonchev–Trinajstić information content (AvgIpc) is 1.93. The monoisotopic (exact) mass is 195 g/mol. The van der Waals surface area contributed by atoms with Crippen molar-refractivity contribution in [1.29, 1.82) is 0 Å². The van der Waals surface area contributed by atoms with Crippen molar-refractivity contribution in [2.24, 2.45) is 0 Å². The summed E-state index contributed by atoms with van der Waals surface area (Å²) in [6, 6.07) is 3.20. The topological polar surface area (TPSA) is 26.0 Å². The van der Waals surface area contributed by atoms with E-state index in [0.717, 1.165) is 0 Å². The van der Waals surface area contributed by atoms with Crippen molar-refractivity contribution in [2.75, 3.05) is 5.73 Å². The van der Waals surface area contributed by atoms with E-state index in [1.165, 1.54) is 0 Å². The zero-order chi connectivity index (χ0) is 7.72. The fourth-order valence-electron chi connectivity index (χ4n) is 0.543. The molecule has 1 aromatic carbocycles. The summed E-state index contributed by atoms with van der Waals surface area (Å²) in [5.41, 5.74) is 5.76. The number of nitrogens with two attached hydrogens (primary N) is 1. The molecule has 0 saturated heterocycles. The molecule has 54 valence electrons. The van der Waals surface area contributed by atoms with Crippen LogP contribution < -0.4 is 5.73 Å². The molecular formula is C6H4Cl3N. The molecule has 0 spiro atoms. The standard InChI is InChI=1S/C6H4Cl3N/c7-3-1-2-4(8)6(10)5(3)9/h1-2H,10H2. The molecule has 0 aliphatic rings. The molecule has 0 heterocycles. The van der Waals surface area contributed by atoms with Gasteiger partial charge in [0.15, 0.2) is 0 Å². The van der Waals surface area contributed by atoms with E-state index in [0.29, 0.717) is 20.8 Å². The summed E-state index contributed by atoms with van der Waals surface area (Å²) in [6.45, 7) is 0. The van der Waals surface area contributed by atoms with Gasteiger partial charge in [0, 0.05) is 0 Å². The van der Waals surface area contributed by atoms with E-state index in [9.17, 15) is 0 Å². The molecule has 1 rings (SSSR count). The highest BCUT2D eigenvalue weighted by Gasteiger charge is 2.04. The fourth-order valence-corrected chi connectivity index (χ4v) is 1.08. The molecule has 0 aliphatic heterocycles. The Hall–Kier alpha value is -0.110. The lowest BCUT2D eigenvalue weighted by molar-refractivity contribution is 1.68. The van der Waals surface area contributed by atoms with Gasteiger partial charge in [0.25, 0.3) is 0 Å². The Balaban J connectivity index is 3.34. The zero-order valence-electron chi connectivity index (χ0n) is 4.87. The van der Waals surface area contributed by atoms with E-state index in [1.54, 1.807) is 12.1 Å². The second-order valence-electron chi connectivity index (χ2n) is 1.76. The van der Waals surface area contributed by atoms with Crippen LogP contribution in [0.3, 0.4) is 0 Å². The lowest BCUT2D eigenvalue weighted by Crippen LogP contribution is -1.87. The Kier molecular flexibility index (Phi) is 2.29. The van der Waals surface area contributed by atoms with Crippen molar-refractivity contribution in [2.45, 2.75) is 0 Å². The number of nitrogen functional groups attached to an aromatic ring is 1. The Labute approximate surface area is 73.7 Å². The highest BCUT2D eigenvalue weighted by Crippen LogP contribution is 2.32. The summed E-state index contributed by atoms with van der Waals surface area (Å²) in [5.74, 6) is 0. The van der Waals surface area contributed by atoms with Crippen LogP contribution in [-0.4, -0.2) is 0 Å². The molecule has 4 heteroatoms. The third-order valence-corrected chi connectivity index (χ3v) is 2.23. The number of anilines is 1. The molecule has 0 bridgehead atoms. The third-order valence-electron chi connectivity index (χ3n) is 1.08. The molecule has 0 radical (unpaired) electrons. The summed E-state index contributed by atoms with van der Waals surface area (Å²) in [7, 11) is 0. The smallest absolute Gasteiger partial charge is 0.0836 e. The van der Waals surface area contributed by atoms with Gasteiger partial charge in [0.1, 0.15) is 0 Å². The lowest BCUT2D eigenvalue weighted by atomic mass is 10.3. The first-order valence-electron chi connectivity index (χ1n) is 2.52. The van der Waals surface area contributed by atoms with Gasteiger partial charge in [-0.25, -0.2) is 0 Å². The number of hydrogen-bond donors (Lipinski definition) is 1. The maximum atomic E-state index is 5.64. The molecule has 10 heavy (non-hydrogen) atoms. The zero-order valence-corrected chi connectivity index (χ0v) is 7.13. The fraction of sp³-hybridized carbons (Fsp3) is 0. The predicted molar refractivity (Wildman–Crippen MR) is 45.9 cm³/mol. The molecule has 0 saturated carbocycles. The number of halogens is 3. The molecule has 0 aromatic heterocycles. The van der Waals surface area contributed by atoms with Crippen LogP contribution >= 0.6 is 34.8 Å². The van der Waals surface area contributed by atoms with Crippen LogP contribution in [0.4, 0.5) is 5.69 Å². The van der Waals surface area contributed by atoms with Crippen molar-refractivity contribution in [3.05, 3.63) is 27.2 Å². The molecule has 0 aliphatic carbocycles. The normalized spacial score (nSPS) is 9.90. The molecule has 1 nitrogen and oxygen atoms in total. The van der Waals surface area contributed by atoms with E-state index in [2.05, 4.69) is 0 Å². The van der Waals surface area contributed by atoms with Crippen LogP contribution in [-0.2, 0) is 0 Å². The molecular weight excluding hydrogens is 192 g/mol. The van der Waals surface area contributed by atoms with E-state index in [1.807, 2.05) is 0 Å². The first-order chi connectivity index (χ1) is 4.63. The maximum absolute atomic E-state index is 5.64. The van der Waals surface area contributed by atoms with Crippen LogP contribution in [0.1, 0.15) is 0 Å². The maximum Gasteiger partial charge on any atom is 0.0836 e. The van der Waals surface area contributed by atoms with Crippen molar-refractivity contribution < 1.29 is 0 Å². The number of hydrogen-bond acceptors (Lipinski definition) is 1. The number of benzene rings is 1. The van der Waals surface area contributed by atoms with Crippen LogP contribution in [0.25, 0.3) is 0 Å². The van der Waals surface area contributed by atoms with Crippen molar-refractivity contribution in [3.8, 4) is 0 Å². The SMILES string of the molecule is Nc1c(Cl)ccc(Cl)c1Cl. The van der Waals surface area contributed by atoms with Crippen molar-refractivity contribution >= 4 is 40.5 Å². The highest BCUT2D eigenvalue weighted by atomic mass is 35.5. The van der Waals surface area contributed by atoms with Gasteiger partial charge in [0.05, 0.1) is 20.8 Å². The van der Waals surface area contributed by atoms with Gasteiger partial charge in [-0.05, 0) is 12.1 Å². The largest absolute Gasteiger partial charge is 0.396 e. The van der Waals surface area contributed by atoms with Crippen LogP contribution in [0, 0.1) is 0 Å². The van der Waals surface area contributed by atoms with Crippen LogP contribution in [0.5, 0.6) is 0 Å². The molecule has 2 N–H and O–H groups in total. The van der Waals surface area contributed by atoms with Crippen LogP contribution in [0.15, 0.2) is 12.1 Å². The molecule has 0 fully saturated rings. The highest BCUT2D eigenvalue weighted by molar-refractivity contribution is 6.45. The Bertz CT molecular complexity index is 232. The van der Waals surface area contributed by atoms with Crippen LogP contribution in [0.2, 0.25) is 15.1 Å². The summed E-state index contributed by atoms with van der Waals surface area (Å²) in [6.07, 6.45) is 0. The molecule has 0 atom stereocenters. The second-order valence-corrected chi connectivity index (χ2v) is 2.95. The Morgan fingerprint density at radius 2 is 1.50 bits per heavy atom. The van der Waals surface area contributed by atoms with E-state index in [-0.39, 0.29) is 0 Å². The summed E-state index contributed by atoms with van der Waals surface area (Å²) in [4.78, 5) is 0. The van der Waals surface area contributed by atoms with Gasteiger partial charge in [-0.2, -0.15) is 0 Å². The Morgan fingerprint density at radius 3 is 2.00 bits per heavy atom. The minimum absolute atomic E-state index is 0.314. The van der Waals surface area contributed by atoms with Gasteiger partial charge in [-0.3, -0.25) is 0 Å². The predicted octanol–water partition coefficient (Wildman–Crippen LogP) is 3.23. The van der Waals surface area contributed by atoms with Gasteiger partial charge in [-0.1, -0.05) is 34.8 Å². The first kappa shape index (κ1) is 7.99. The molecule has 0 unspecified atom stereocenters. The second kappa shape index (κ2) is 2.87. The summed E-state index contributed by atoms with van der Waals surface area (Å²) in [5, 5.41) is 1.16. The van der Waals surface area contributed by atoms with E-state index in [4.69, 9.17) is 40.5 Å². The summed E-state index contributed by atoms with van der Waals surface area (Å²) < 4.78 is 0. The van der Waals surface area contributed by atoms with E-state index >= 15 is 0 Å². The van der Waals surface area contributed by atoms with Crippen molar-refractivity contribution in [3.63, 3.8) is 0 Å². The minimum atomic E-state index is 0.314. The summed E-state index contributed by atoms with van der Waals surface area (Å²) >= 11 is 16.9. The van der Waals surface area contributed by atoms with Gasteiger partial charge >= 0.3 is 0 Å². The Morgan fingerprint density at radius 1 is 1.00 bits per heavy atom. The van der Waals surface area contributed by atoms with Crippen molar-refractivity contribution in [1.82, 2.24) is 0 Å². The minimum Gasteiger partial charge on any atom is -0.396 e. The van der Waals surface area contributed by atoms with E-state index < -0.39 is 0 Å². The number of rotatable bonds is 0. The third kappa shape index (κ3) is 1.31. The molecule has 0 amide bonds. The van der Waals surface area contributed by atoms with Gasteiger partial charge in [0.2, 0.25) is 0 Å². The van der Waals surface area contributed by atoms with Gasteiger partial charge in [-0.15, -0.1) is 0 Å². The first-order valence-corrected chi connectivity index (χ1v) is 3.65. The average molecular weight is 196 g/mol. The lowest BCUT2D eigenvalue weighted by Gasteiger charge is -2.00. The quantitative estimate of drug-likeness (QED) is 0.500. The molecule has 1 aromatic rings.